The molecule has 0 fully saturated rings. The van der Waals surface area contributed by atoms with Gasteiger partial charge in [-0.25, -0.2) is 4.39 Å². The van der Waals surface area contributed by atoms with Gasteiger partial charge in [0.05, 0.1) is 17.3 Å². The lowest BCUT2D eigenvalue weighted by Gasteiger charge is -2.10. The summed E-state index contributed by atoms with van der Waals surface area (Å²) in [5.41, 5.74) is 0.322. The molecule has 0 atom stereocenters. The van der Waals surface area contributed by atoms with Crippen molar-refractivity contribution >= 4 is 17.3 Å². The average molecular weight is 272 g/mol. The fourth-order valence-corrected chi connectivity index (χ4v) is 1.26. The first kappa shape index (κ1) is 14.1. The van der Waals surface area contributed by atoms with Gasteiger partial charge in [0.15, 0.2) is 0 Å². The van der Waals surface area contributed by atoms with Crippen LogP contribution in [0.25, 0.3) is 0 Å². The number of anilines is 1. The molecule has 0 bridgehead atoms. The number of nitrogens with one attached hydrogen (secondary N) is 1. The van der Waals surface area contributed by atoms with Gasteiger partial charge in [-0.1, -0.05) is 11.6 Å². The van der Waals surface area contributed by atoms with E-state index in [9.17, 15) is 17.6 Å². The first-order valence-corrected chi connectivity index (χ1v) is 5.10. The van der Waals surface area contributed by atoms with Crippen molar-refractivity contribution in [3.63, 3.8) is 0 Å². The monoisotopic (exact) mass is 271 g/mol. The molecule has 96 valence electrons. The third-order valence-corrected chi connectivity index (χ3v) is 2.09. The summed E-state index contributed by atoms with van der Waals surface area (Å²) in [4.78, 5) is 0. The number of halogens is 5. The molecule has 17 heavy (non-hydrogen) atoms. The van der Waals surface area contributed by atoms with Crippen LogP contribution in [0.5, 0.6) is 0 Å². The second-order valence-electron chi connectivity index (χ2n) is 3.22. The standard InChI is InChI=1S/C10H10ClF4NO/c11-8-2-1-7(12)5-9(8)16-3-4-17-6-10(13,14)15/h1-2,5,16H,3-4,6H2. The minimum absolute atomic E-state index is 0.110. The molecule has 0 aromatic heterocycles. The maximum absolute atomic E-state index is 12.8. The van der Waals surface area contributed by atoms with Crippen molar-refractivity contribution in [2.24, 2.45) is 0 Å². The van der Waals surface area contributed by atoms with Crippen LogP contribution in [0.1, 0.15) is 0 Å². The Morgan fingerprint density at radius 1 is 1.29 bits per heavy atom. The van der Waals surface area contributed by atoms with Gasteiger partial charge in [0.25, 0.3) is 0 Å². The molecule has 0 saturated carbocycles. The van der Waals surface area contributed by atoms with Crippen molar-refractivity contribution in [3.8, 4) is 0 Å². The molecule has 0 aliphatic rings. The van der Waals surface area contributed by atoms with E-state index in [1.165, 1.54) is 12.1 Å². The molecule has 0 amide bonds. The van der Waals surface area contributed by atoms with E-state index in [4.69, 9.17) is 11.6 Å². The number of rotatable bonds is 5. The minimum atomic E-state index is -4.34. The minimum Gasteiger partial charge on any atom is -0.381 e. The topological polar surface area (TPSA) is 21.3 Å². The quantitative estimate of drug-likeness (QED) is 0.654. The van der Waals surface area contributed by atoms with Gasteiger partial charge in [-0.3, -0.25) is 0 Å². The smallest absolute Gasteiger partial charge is 0.381 e. The molecule has 2 nitrogen and oxygen atoms in total. The molecule has 0 spiro atoms. The third kappa shape index (κ3) is 5.74. The zero-order chi connectivity index (χ0) is 12.9. The Morgan fingerprint density at radius 3 is 2.65 bits per heavy atom. The van der Waals surface area contributed by atoms with Crippen molar-refractivity contribution in [2.75, 3.05) is 25.1 Å². The van der Waals surface area contributed by atoms with Crippen LogP contribution in [0.2, 0.25) is 5.02 Å². The maximum atomic E-state index is 12.8. The molecule has 0 aliphatic heterocycles. The molecule has 0 saturated heterocycles. The van der Waals surface area contributed by atoms with Crippen molar-refractivity contribution in [2.45, 2.75) is 6.18 Å². The van der Waals surface area contributed by atoms with Gasteiger partial charge in [0, 0.05) is 6.54 Å². The van der Waals surface area contributed by atoms with Crippen LogP contribution < -0.4 is 5.32 Å². The van der Waals surface area contributed by atoms with Crippen molar-refractivity contribution in [1.82, 2.24) is 0 Å². The molecule has 0 unspecified atom stereocenters. The van der Waals surface area contributed by atoms with Gasteiger partial charge in [-0.15, -0.1) is 0 Å². The summed E-state index contributed by atoms with van der Waals surface area (Å²) >= 11 is 5.73. The summed E-state index contributed by atoms with van der Waals surface area (Å²) in [6.45, 7) is -1.34. The van der Waals surface area contributed by atoms with E-state index in [2.05, 4.69) is 10.1 Å². The largest absolute Gasteiger partial charge is 0.411 e. The lowest BCUT2D eigenvalue weighted by atomic mass is 10.3. The molecule has 0 aliphatic carbocycles. The molecule has 1 rings (SSSR count). The van der Waals surface area contributed by atoms with E-state index in [0.29, 0.717) is 10.7 Å². The van der Waals surface area contributed by atoms with E-state index < -0.39 is 18.6 Å². The number of hydrogen-bond donors (Lipinski definition) is 1. The van der Waals surface area contributed by atoms with Crippen LogP contribution >= 0.6 is 11.6 Å². The molecule has 1 N–H and O–H groups in total. The summed E-state index contributed by atoms with van der Waals surface area (Å²) in [5.74, 6) is -0.479. The van der Waals surface area contributed by atoms with Gasteiger partial charge in [0.1, 0.15) is 12.4 Å². The fraction of sp³-hybridized carbons (Fsp3) is 0.400. The Bertz CT molecular complexity index is 370. The summed E-state index contributed by atoms with van der Waals surface area (Å²) in [6.07, 6.45) is -4.34. The summed E-state index contributed by atoms with van der Waals surface area (Å²) < 4.78 is 52.3. The highest BCUT2D eigenvalue weighted by molar-refractivity contribution is 6.33. The summed E-state index contributed by atoms with van der Waals surface area (Å²) in [6, 6.07) is 3.70. The molecular formula is C10H10ClF4NO. The molecule has 7 heteroatoms. The molecule has 1 aromatic rings. The van der Waals surface area contributed by atoms with Crippen LogP contribution in [0.15, 0.2) is 18.2 Å². The van der Waals surface area contributed by atoms with Gasteiger partial charge in [-0.05, 0) is 18.2 Å². The van der Waals surface area contributed by atoms with Crippen molar-refractivity contribution in [1.29, 1.82) is 0 Å². The number of hydrogen-bond acceptors (Lipinski definition) is 2. The van der Waals surface area contributed by atoms with E-state index in [1.54, 1.807) is 0 Å². The lowest BCUT2D eigenvalue weighted by Crippen LogP contribution is -2.20. The number of ether oxygens (including phenoxy) is 1. The second kappa shape index (κ2) is 6.07. The Balaban J connectivity index is 2.29. The third-order valence-electron chi connectivity index (χ3n) is 1.76. The predicted molar refractivity (Wildman–Crippen MR) is 56.8 cm³/mol. The first-order valence-electron chi connectivity index (χ1n) is 4.72. The van der Waals surface area contributed by atoms with Crippen LogP contribution in [-0.2, 0) is 4.74 Å². The Hall–Kier alpha value is -1.01. The first-order chi connectivity index (χ1) is 7.88. The Kier molecular flexibility index (Phi) is 5.02. The van der Waals surface area contributed by atoms with Crippen LogP contribution in [0, 0.1) is 5.82 Å². The van der Waals surface area contributed by atoms with Crippen molar-refractivity contribution in [3.05, 3.63) is 29.0 Å². The second-order valence-corrected chi connectivity index (χ2v) is 3.63. The number of alkyl halides is 3. The van der Waals surface area contributed by atoms with Gasteiger partial charge in [0.2, 0.25) is 0 Å². The van der Waals surface area contributed by atoms with E-state index >= 15 is 0 Å². The Labute approximate surface area is 101 Å². The van der Waals surface area contributed by atoms with Crippen LogP contribution in [0.4, 0.5) is 23.2 Å². The summed E-state index contributed by atoms with van der Waals surface area (Å²) in [7, 11) is 0. The highest BCUT2D eigenvalue weighted by Gasteiger charge is 2.27. The van der Waals surface area contributed by atoms with Crippen LogP contribution in [-0.4, -0.2) is 25.9 Å². The van der Waals surface area contributed by atoms with Gasteiger partial charge >= 0.3 is 6.18 Å². The zero-order valence-corrected chi connectivity index (χ0v) is 9.41. The van der Waals surface area contributed by atoms with Gasteiger partial charge in [-0.2, -0.15) is 13.2 Å². The average Bonchev–Trinajstić information content (AvgIpc) is 2.21. The van der Waals surface area contributed by atoms with Gasteiger partial charge < -0.3 is 10.1 Å². The van der Waals surface area contributed by atoms with E-state index in [0.717, 1.165) is 6.07 Å². The maximum Gasteiger partial charge on any atom is 0.411 e. The fourth-order valence-electron chi connectivity index (χ4n) is 1.08. The predicted octanol–water partition coefficient (Wildman–Crippen LogP) is 3.47. The molecular weight excluding hydrogens is 262 g/mol. The van der Waals surface area contributed by atoms with E-state index in [-0.39, 0.29) is 13.2 Å². The van der Waals surface area contributed by atoms with E-state index in [1.807, 2.05) is 0 Å². The SMILES string of the molecule is Fc1ccc(Cl)c(NCCOCC(F)(F)F)c1. The normalized spacial score (nSPS) is 11.6. The highest BCUT2D eigenvalue weighted by atomic mass is 35.5. The summed E-state index contributed by atoms with van der Waals surface area (Å²) in [5, 5.41) is 2.97. The lowest BCUT2D eigenvalue weighted by molar-refractivity contribution is -0.172. The molecule has 1 aromatic carbocycles. The molecule has 0 heterocycles. The zero-order valence-electron chi connectivity index (χ0n) is 8.65. The highest BCUT2D eigenvalue weighted by Crippen LogP contribution is 2.22. The van der Waals surface area contributed by atoms with Crippen LogP contribution in [0.3, 0.4) is 0 Å². The molecule has 0 radical (unpaired) electrons. The van der Waals surface area contributed by atoms with Crippen molar-refractivity contribution < 1.29 is 22.3 Å². The number of benzene rings is 1. The Morgan fingerprint density at radius 2 is 2.00 bits per heavy atom.